The molecule has 0 aliphatic carbocycles. The molecule has 2 aromatic rings. The zero-order valence-electron chi connectivity index (χ0n) is 12.3. The minimum absolute atomic E-state index is 0.775. The maximum atomic E-state index is 6.15. The number of halogens is 1. The first-order valence-corrected chi connectivity index (χ1v) is 7.18. The summed E-state index contributed by atoms with van der Waals surface area (Å²) >= 11 is 6.15. The van der Waals surface area contributed by atoms with E-state index in [4.69, 9.17) is 11.6 Å². The molecule has 0 aliphatic rings. The van der Waals surface area contributed by atoms with Crippen molar-refractivity contribution in [2.24, 2.45) is 0 Å². The molecule has 1 N–H and O–H groups in total. The molecule has 0 aliphatic heterocycles. The third kappa shape index (κ3) is 3.53. The number of nitrogens with zero attached hydrogens (tertiary/aromatic N) is 1. The standard InChI is InChI=1S/C17H21ClN2/c1-13-6-4-5-7-15(13)12-20(3)17-10-16(18)9-8-14(17)11-19-2/h4-10,19H,11-12H2,1-3H3. The summed E-state index contributed by atoms with van der Waals surface area (Å²) in [6.07, 6.45) is 0. The number of nitrogens with one attached hydrogen (secondary N) is 1. The summed E-state index contributed by atoms with van der Waals surface area (Å²) in [5, 5.41) is 3.98. The average molecular weight is 289 g/mol. The van der Waals surface area contributed by atoms with E-state index < -0.39 is 0 Å². The van der Waals surface area contributed by atoms with E-state index in [1.807, 2.05) is 19.2 Å². The highest BCUT2D eigenvalue weighted by Gasteiger charge is 2.09. The smallest absolute Gasteiger partial charge is 0.0428 e. The fraction of sp³-hybridized carbons (Fsp3) is 0.294. The van der Waals surface area contributed by atoms with Gasteiger partial charge >= 0.3 is 0 Å². The molecule has 0 spiro atoms. The summed E-state index contributed by atoms with van der Waals surface area (Å²) in [7, 11) is 4.07. The second kappa shape index (κ2) is 6.78. The van der Waals surface area contributed by atoms with E-state index in [2.05, 4.69) is 54.5 Å². The van der Waals surface area contributed by atoms with Gasteiger partial charge in [0.15, 0.2) is 0 Å². The van der Waals surface area contributed by atoms with Crippen LogP contribution in [0.4, 0.5) is 5.69 Å². The Hall–Kier alpha value is -1.51. The van der Waals surface area contributed by atoms with Gasteiger partial charge in [-0.2, -0.15) is 0 Å². The predicted molar refractivity (Wildman–Crippen MR) is 87.5 cm³/mol. The van der Waals surface area contributed by atoms with Crippen molar-refractivity contribution < 1.29 is 0 Å². The highest BCUT2D eigenvalue weighted by atomic mass is 35.5. The van der Waals surface area contributed by atoms with E-state index in [1.54, 1.807) is 0 Å². The fourth-order valence-corrected chi connectivity index (χ4v) is 2.53. The van der Waals surface area contributed by atoms with Gasteiger partial charge in [-0.1, -0.05) is 41.9 Å². The third-order valence-corrected chi connectivity index (χ3v) is 3.73. The largest absolute Gasteiger partial charge is 0.370 e. The van der Waals surface area contributed by atoms with Crippen molar-refractivity contribution in [2.45, 2.75) is 20.0 Å². The Morgan fingerprint density at radius 2 is 1.85 bits per heavy atom. The molecule has 0 unspecified atom stereocenters. The first kappa shape index (κ1) is 14.9. The van der Waals surface area contributed by atoms with Gasteiger partial charge in [0.25, 0.3) is 0 Å². The summed E-state index contributed by atoms with van der Waals surface area (Å²) in [6, 6.07) is 14.5. The van der Waals surface area contributed by atoms with Crippen LogP contribution in [-0.4, -0.2) is 14.1 Å². The molecule has 0 atom stereocenters. The summed E-state index contributed by atoms with van der Waals surface area (Å²) in [5.74, 6) is 0. The maximum absolute atomic E-state index is 6.15. The number of benzene rings is 2. The minimum Gasteiger partial charge on any atom is -0.370 e. The van der Waals surface area contributed by atoms with Crippen molar-refractivity contribution >= 4 is 17.3 Å². The molecule has 0 radical (unpaired) electrons. The fourth-order valence-electron chi connectivity index (χ4n) is 2.36. The lowest BCUT2D eigenvalue weighted by Crippen LogP contribution is -2.20. The van der Waals surface area contributed by atoms with Crippen LogP contribution < -0.4 is 10.2 Å². The van der Waals surface area contributed by atoms with Crippen LogP contribution >= 0.6 is 11.6 Å². The maximum Gasteiger partial charge on any atom is 0.0428 e. The second-order valence-electron chi connectivity index (χ2n) is 5.09. The van der Waals surface area contributed by atoms with Crippen molar-refractivity contribution in [2.75, 3.05) is 19.0 Å². The Kier molecular flexibility index (Phi) is 5.05. The molecule has 0 saturated carbocycles. The normalized spacial score (nSPS) is 10.6. The topological polar surface area (TPSA) is 15.3 Å². The predicted octanol–water partition coefficient (Wildman–Crippen LogP) is 4.00. The van der Waals surface area contributed by atoms with Crippen LogP contribution in [0.3, 0.4) is 0 Å². The van der Waals surface area contributed by atoms with Gasteiger partial charge in [0.2, 0.25) is 0 Å². The van der Waals surface area contributed by atoms with Gasteiger partial charge in [-0.3, -0.25) is 0 Å². The Balaban J connectivity index is 2.26. The van der Waals surface area contributed by atoms with E-state index in [0.717, 1.165) is 18.1 Å². The molecule has 2 nitrogen and oxygen atoms in total. The summed E-state index contributed by atoms with van der Waals surface area (Å²) in [4.78, 5) is 2.25. The molecule has 2 aromatic carbocycles. The summed E-state index contributed by atoms with van der Waals surface area (Å²) in [6.45, 7) is 3.87. The van der Waals surface area contributed by atoms with Gasteiger partial charge in [0.05, 0.1) is 0 Å². The average Bonchev–Trinajstić information content (AvgIpc) is 2.43. The van der Waals surface area contributed by atoms with E-state index >= 15 is 0 Å². The monoisotopic (exact) mass is 288 g/mol. The molecule has 0 amide bonds. The lowest BCUT2D eigenvalue weighted by atomic mass is 10.1. The molecule has 3 heteroatoms. The second-order valence-corrected chi connectivity index (χ2v) is 5.52. The van der Waals surface area contributed by atoms with Crippen molar-refractivity contribution in [3.63, 3.8) is 0 Å². The molecule has 0 saturated heterocycles. The number of hydrogen-bond donors (Lipinski definition) is 1. The van der Waals surface area contributed by atoms with Crippen LogP contribution in [0.2, 0.25) is 5.02 Å². The van der Waals surface area contributed by atoms with Crippen LogP contribution in [0.15, 0.2) is 42.5 Å². The van der Waals surface area contributed by atoms with E-state index in [-0.39, 0.29) is 0 Å². The van der Waals surface area contributed by atoms with Gasteiger partial charge in [-0.05, 0) is 42.8 Å². The van der Waals surface area contributed by atoms with Crippen LogP contribution in [-0.2, 0) is 13.1 Å². The number of anilines is 1. The molecule has 0 heterocycles. The number of hydrogen-bond acceptors (Lipinski definition) is 2. The molecule has 106 valence electrons. The van der Waals surface area contributed by atoms with Crippen molar-refractivity contribution in [1.82, 2.24) is 5.32 Å². The van der Waals surface area contributed by atoms with Gasteiger partial charge < -0.3 is 10.2 Å². The Morgan fingerprint density at radius 3 is 2.55 bits per heavy atom. The minimum atomic E-state index is 0.775. The van der Waals surface area contributed by atoms with Gasteiger partial charge in [-0.15, -0.1) is 0 Å². The Labute approximate surface area is 126 Å². The lowest BCUT2D eigenvalue weighted by molar-refractivity contribution is 0.805. The quantitative estimate of drug-likeness (QED) is 0.894. The molecule has 0 bridgehead atoms. The number of aryl methyl sites for hydroxylation is 1. The molecule has 2 rings (SSSR count). The van der Waals surface area contributed by atoms with Gasteiger partial charge in [-0.25, -0.2) is 0 Å². The molecule has 0 fully saturated rings. The summed E-state index contributed by atoms with van der Waals surface area (Å²) < 4.78 is 0. The van der Waals surface area contributed by atoms with Crippen LogP contribution in [0, 0.1) is 6.92 Å². The lowest BCUT2D eigenvalue weighted by Gasteiger charge is -2.24. The van der Waals surface area contributed by atoms with Crippen molar-refractivity contribution in [3.05, 3.63) is 64.2 Å². The molecular formula is C17H21ClN2. The molecule has 0 aromatic heterocycles. The van der Waals surface area contributed by atoms with Crippen LogP contribution in [0.1, 0.15) is 16.7 Å². The van der Waals surface area contributed by atoms with Gasteiger partial charge in [0, 0.05) is 30.8 Å². The van der Waals surface area contributed by atoms with E-state index in [1.165, 1.54) is 22.4 Å². The van der Waals surface area contributed by atoms with Gasteiger partial charge in [0.1, 0.15) is 0 Å². The third-order valence-electron chi connectivity index (χ3n) is 3.49. The highest BCUT2D eigenvalue weighted by Crippen LogP contribution is 2.26. The van der Waals surface area contributed by atoms with Crippen molar-refractivity contribution in [1.29, 1.82) is 0 Å². The Bertz CT molecular complexity index is 581. The molecule has 20 heavy (non-hydrogen) atoms. The van der Waals surface area contributed by atoms with E-state index in [9.17, 15) is 0 Å². The highest BCUT2D eigenvalue weighted by molar-refractivity contribution is 6.30. The van der Waals surface area contributed by atoms with E-state index in [0.29, 0.717) is 0 Å². The zero-order valence-corrected chi connectivity index (χ0v) is 13.0. The van der Waals surface area contributed by atoms with Crippen LogP contribution in [0.5, 0.6) is 0 Å². The van der Waals surface area contributed by atoms with Crippen LogP contribution in [0.25, 0.3) is 0 Å². The summed E-state index contributed by atoms with van der Waals surface area (Å²) in [5.41, 5.74) is 5.09. The first-order valence-electron chi connectivity index (χ1n) is 6.80. The first-order chi connectivity index (χ1) is 9.61. The zero-order chi connectivity index (χ0) is 14.5. The molecular weight excluding hydrogens is 268 g/mol. The SMILES string of the molecule is CNCc1ccc(Cl)cc1N(C)Cc1ccccc1C. The number of rotatable bonds is 5. The Morgan fingerprint density at radius 1 is 1.10 bits per heavy atom. The van der Waals surface area contributed by atoms with Crippen molar-refractivity contribution in [3.8, 4) is 0 Å².